The molecular formula is C19H24N4O2S. The van der Waals surface area contributed by atoms with Crippen LogP contribution in [-0.2, 0) is 17.9 Å². The van der Waals surface area contributed by atoms with Crippen LogP contribution in [0.1, 0.15) is 46.9 Å². The van der Waals surface area contributed by atoms with Gasteiger partial charge in [-0.05, 0) is 37.6 Å². The van der Waals surface area contributed by atoms with Crippen LogP contribution in [0.15, 0.2) is 18.2 Å². The van der Waals surface area contributed by atoms with Gasteiger partial charge in [0.25, 0.3) is 0 Å². The van der Waals surface area contributed by atoms with E-state index in [1.165, 1.54) is 29.7 Å². The molecule has 7 heteroatoms. The molecule has 0 radical (unpaired) electrons. The first-order valence-corrected chi connectivity index (χ1v) is 9.86. The van der Waals surface area contributed by atoms with Gasteiger partial charge < -0.3 is 15.8 Å². The fraction of sp³-hybridized carbons (Fsp3) is 0.474. The Labute approximate surface area is 157 Å². The third-order valence-electron chi connectivity index (χ3n) is 5.20. The third kappa shape index (κ3) is 3.41. The SMILES string of the molecule is COc1ccc(C2CC(=O)NCc3nc(N)sc32)cc1CN1CCCC1. The Hall–Kier alpha value is -2.12. The number of anilines is 1. The van der Waals surface area contributed by atoms with E-state index >= 15 is 0 Å². The Kier molecular flexibility index (Phi) is 4.82. The molecule has 1 unspecified atom stereocenters. The Balaban J connectivity index is 1.70. The second kappa shape index (κ2) is 7.25. The van der Waals surface area contributed by atoms with E-state index in [2.05, 4.69) is 27.3 Å². The Morgan fingerprint density at radius 3 is 2.96 bits per heavy atom. The van der Waals surface area contributed by atoms with E-state index in [0.717, 1.165) is 41.5 Å². The summed E-state index contributed by atoms with van der Waals surface area (Å²) in [5, 5.41) is 3.48. The van der Waals surface area contributed by atoms with Crippen molar-refractivity contribution in [1.82, 2.24) is 15.2 Å². The molecule has 1 aromatic carbocycles. The zero-order valence-electron chi connectivity index (χ0n) is 15.0. The minimum atomic E-state index is -0.00876. The number of nitrogens with one attached hydrogen (secondary N) is 1. The molecule has 1 amide bonds. The Morgan fingerprint density at radius 1 is 1.38 bits per heavy atom. The van der Waals surface area contributed by atoms with E-state index in [-0.39, 0.29) is 11.8 Å². The molecule has 2 aromatic rings. The number of methoxy groups -OCH3 is 1. The molecule has 26 heavy (non-hydrogen) atoms. The van der Waals surface area contributed by atoms with Crippen LogP contribution in [-0.4, -0.2) is 36.0 Å². The predicted octanol–water partition coefficient (Wildman–Crippen LogP) is 2.48. The van der Waals surface area contributed by atoms with Gasteiger partial charge in [-0.3, -0.25) is 9.69 Å². The number of nitrogens with zero attached hydrogens (tertiary/aromatic N) is 2. The average Bonchev–Trinajstić information content (AvgIpc) is 3.24. The molecule has 1 saturated heterocycles. The number of carbonyl (C=O) groups excluding carboxylic acids is 1. The zero-order chi connectivity index (χ0) is 18.1. The number of carbonyl (C=O) groups is 1. The number of amides is 1. The smallest absolute Gasteiger partial charge is 0.221 e. The lowest BCUT2D eigenvalue weighted by molar-refractivity contribution is -0.121. The van der Waals surface area contributed by atoms with Crippen molar-refractivity contribution in [2.75, 3.05) is 25.9 Å². The fourth-order valence-corrected chi connectivity index (χ4v) is 4.88. The lowest BCUT2D eigenvalue weighted by Gasteiger charge is -2.20. The number of hydrogen-bond donors (Lipinski definition) is 2. The lowest BCUT2D eigenvalue weighted by atomic mass is 9.92. The van der Waals surface area contributed by atoms with E-state index in [0.29, 0.717) is 18.1 Å². The number of nitrogens with two attached hydrogens (primary N) is 1. The van der Waals surface area contributed by atoms with Gasteiger partial charge in [-0.15, -0.1) is 11.3 Å². The van der Waals surface area contributed by atoms with Crippen LogP contribution < -0.4 is 15.8 Å². The lowest BCUT2D eigenvalue weighted by Crippen LogP contribution is -2.21. The number of hydrogen-bond acceptors (Lipinski definition) is 6. The number of benzene rings is 1. The molecule has 3 heterocycles. The monoisotopic (exact) mass is 372 g/mol. The number of nitrogen functional groups attached to an aromatic ring is 1. The molecule has 4 rings (SSSR count). The molecule has 0 spiro atoms. The molecule has 3 N–H and O–H groups in total. The highest BCUT2D eigenvalue weighted by atomic mass is 32.1. The van der Waals surface area contributed by atoms with Crippen LogP contribution in [0.5, 0.6) is 5.75 Å². The van der Waals surface area contributed by atoms with Crippen molar-refractivity contribution >= 4 is 22.4 Å². The molecule has 2 aliphatic rings. The minimum absolute atomic E-state index is 0.00876. The summed E-state index contributed by atoms with van der Waals surface area (Å²) in [4.78, 5) is 20.2. The Bertz CT molecular complexity index is 814. The number of rotatable bonds is 4. The van der Waals surface area contributed by atoms with Gasteiger partial charge in [0.1, 0.15) is 5.75 Å². The fourth-order valence-electron chi connectivity index (χ4n) is 3.90. The van der Waals surface area contributed by atoms with Crippen LogP contribution in [0.4, 0.5) is 5.13 Å². The van der Waals surface area contributed by atoms with Gasteiger partial charge in [-0.1, -0.05) is 12.1 Å². The molecule has 1 aromatic heterocycles. The summed E-state index contributed by atoms with van der Waals surface area (Å²) in [7, 11) is 1.71. The van der Waals surface area contributed by atoms with E-state index in [9.17, 15) is 4.79 Å². The minimum Gasteiger partial charge on any atom is -0.496 e. The summed E-state index contributed by atoms with van der Waals surface area (Å²) < 4.78 is 5.58. The standard InChI is InChI=1S/C19H24N4O2S/c1-25-16-5-4-12(8-13(16)11-23-6-2-3-7-23)14-9-17(24)21-10-15-18(14)26-19(20)22-15/h4-5,8,14H,2-3,6-7,9-11H2,1H3,(H2,20,22)(H,21,24). The first kappa shape index (κ1) is 17.3. The second-order valence-corrected chi connectivity index (χ2v) is 8.01. The molecule has 1 fully saturated rings. The van der Waals surface area contributed by atoms with Crippen LogP contribution in [0, 0.1) is 0 Å². The summed E-state index contributed by atoms with van der Waals surface area (Å²) in [6.07, 6.45) is 2.94. The highest BCUT2D eigenvalue weighted by Gasteiger charge is 2.28. The van der Waals surface area contributed by atoms with E-state index in [1.54, 1.807) is 7.11 Å². The van der Waals surface area contributed by atoms with E-state index < -0.39 is 0 Å². The molecular weight excluding hydrogens is 348 g/mol. The van der Waals surface area contributed by atoms with E-state index in [1.807, 2.05) is 6.07 Å². The van der Waals surface area contributed by atoms with Gasteiger partial charge in [-0.2, -0.15) is 0 Å². The van der Waals surface area contributed by atoms with Crippen molar-refractivity contribution < 1.29 is 9.53 Å². The molecule has 0 saturated carbocycles. The maximum atomic E-state index is 12.2. The first-order valence-electron chi connectivity index (χ1n) is 9.05. The second-order valence-electron chi connectivity index (χ2n) is 6.95. The van der Waals surface area contributed by atoms with Crippen molar-refractivity contribution in [1.29, 1.82) is 0 Å². The van der Waals surface area contributed by atoms with Crippen LogP contribution >= 0.6 is 11.3 Å². The largest absolute Gasteiger partial charge is 0.496 e. The normalized spacial score (nSPS) is 20.5. The summed E-state index contributed by atoms with van der Waals surface area (Å²) >= 11 is 1.49. The molecule has 138 valence electrons. The van der Waals surface area contributed by atoms with Gasteiger partial charge in [0.15, 0.2) is 5.13 Å². The van der Waals surface area contributed by atoms with Crippen molar-refractivity contribution in [3.63, 3.8) is 0 Å². The van der Waals surface area contributed by atoms with Gasteiger partial charge in [-0.25, -0.2) is 4.98 Å². The summed E-state index contributed by atoms with van der Waals surface area (Å²) in [6, 6.07) is 6.28. The summed E-state index contributed by atoms with van der Waals surface area (Å²) in [5.41, 5.74) is 9.13. The Morgan fingerprint density at radius 2 is 2.19 bits per heavy atom. The van der Waals surface area contributed by atoms with Gasteiger partial charge >= 0.3 is 0 Å². The maximum Gasteiger partial charge on any atom is 0.221 e. The predicted molar refractivity (Wildman–Crippen MR) is 102 cm³/mol. The van der Waals surface area contributed by atoms with Gasteiger partial charge in [0, 0.05) is 29.3 Å². The van der Waals surface area contributed by atoms with Crippen molar-refractivity contribution in [3.05, 3.63) is 39.9 Å². The van der Waals surface area contributed by atoms with Gasteiger partial charge in [0.05, 0.1) is 19.3 Å². The summed E-state index contributed by atoms with van der Waals surface area (Å²) in [5.74, 6) is 0.948. The number of thiazole rings is 1. The zero-order valence-corrected chi connectivity index (χ0v) is 15.8. The molecule has 2 aliphatic heterocycles. The molecule has 1 atom stereocenters. The quantitative estimate of drug-likeness (QED) is 0.862. The molecule has 6 nitrogen and oxygen atoms in total. The van der Waals surface area contributed by atoms with Crippen molar-refractivity contribution in [2.24, 2.45) is 0 Å². The summed E-state index contributed by atoms with van der Waals surface area (Å²) in [6.45, 7) is 3.60. The molecule has 0 aliphatic carbocycles. The topological polar surface area (TPSA) is 80.5 Å². The number of fused-ring (bicyclic) bond motifs is 1. The number of likely N-dealkylation sites (tertiary alicyclic amines) is 1. The van der Waals surface area contributed by atoms with Crippen LogP contribution in [0.2, 0.25) is 0 Å². The first-order chi connectivity index (χ1) is 12.6. The van der Waals surface area contributed by atoms with Crippen LogP contribution in [0.3, 0.4) is 0 Å². The van der Waals surface area contributed by atoms with Gasteiger partial charge in [0.2, 0.25) is 5.91 Å². The third-order valence-corrected chi connectivity index (χ3v) is 6.24. The van der Waals surface area contributed by atoms with Crippen molar-refractivity contribution in [3.8, 4) is 5.75 Å². The molecule has 0 bridgehead atoms. The van der Waals surface area contributed by atoms with Crippen molar-refractivity contribution in [2.45, 2.75) is 38.3 Å². The highest BCUT2D eigenvalue weighted by molar-refractivity contribution is 7.15. The highest BCUT2D eigenvalue weighted by Crippen LogP contribution is 2.38. The maximum absolute atomic E-state index is 12.2. The number of ether oxygens (including phenoxy) is 1. The number of aromatic nitrogens is 1. The van der Waals surface area contributed by atoms with E-state index in [4.69, 9.17) is 10.5 Å². The van der Waals surface area contributed by atoms with Crippen LogP contribution in [0.25, 0.3) is 0 Å². The average molecular weight is 372 g/mol.